The Balaban J connectivity index is 1.66. The first kappa shape index (κ1) is 17.5. The second-order valence-corrected chi connectivity index (χ2v) is 8.52. The number of carbonyl (C=O) groups excluding carboxylic acids is 1. The summed E-state index contributed by atoms with van der Waals surface area (Å²) in [6.45, 7) is 4.95. The van der Waals surface area contributed by atoms with Crippen LogP contribution in [0.1, 0.15) is 50.0 Å². The highest BCUT2D eigenvalue weighted by Crippen LogP contribution is 2.35. The number of hydrogen-bond donors (Lipinski definition) is 0. The van der Waals surface area contributed by atoms with E-state index in [0.717, 1.165) is 54.4 Å². The number of aromatic nitrogens is 2. The van der Waals surface area contributed by atoms with Crippen LogP contribution in [0.5, 0.6) is 0 Å². The zero-order valence-electron chi connectivity index (χ0n) is 15.5. The van der Waals surface area contributed by atoms with E-state index >= 15 is 0 Å². The molecule has 5 nitrogen and oxygen atoms in total. The molecule has 0 saturated carbocycles. The van der Waals surface area contributed by atoms with Crippen LogP contribution < -0.4 is 5.56 Å². The molecule has 0 saturated heterocycles. The Labute approximate surface area is 157 Å². The second kappa shape index (κ2) is 6.99. The van der Waals surface area contributed by atoms with Crippen molar-refractivity contribution in [1.29, 1.82) is 0 Å². The largest absolute Gasteiger partial charge is 0.315 e. The lowest BCUT2D eigenvalue weighted by atomic mass is 9.89. The highest BCUT2D eigenvalue weighted by atomic mass is 32.1. The van der Waals surface area contributed by atoms with Crippen LogP contribution in [0.15, 0.2) is 22.9 Å². The Morgan fingerprint density at radius 1 is 1.42 bits per heavy atom. The number of aryl methyl sites for hydroxylation is 1. The minimum atomic E-state index is -0.0631. The van der Waals surface area contributed by atoms with E-state index < -0.39 is 0 Å². The molecule has 0 aliphatic heterocycles. The molecule has 1 atom stereocenters. The number of allylic oxidation sites excluding steroid dienone is 2. The fourth-order valence-corrected chi connectivity index (χ4v) is 5.49. The molecule has 0 bridgehead atoms. The number of rotatable bonds is 4. The summed E-state index contributed by atoms with van der Waals surface area (Å²) in [5.74, 6) is 0.638. The molecule has 1 amide bonds. The number of carbonyl (C=O) groups is 1. The number of amides is 1. The molecule has 26 heavy (non-hydrogen) atoms. The zero-order valence-corrected chi connectivity index (χ0v) is 16.3. The Hall–Kier alpha value is -1.95. The molecule has 138 valence electrons. The van der Waals surface area contributed by atoms with Gasteiger partial charge in [-0.1, -0.05) is 13.0 Å². The van der Waals surface area contributed by atoms with Crippen LogP contribution in [0.25, 0.3) is 10.2 Å². The van der Waals surface area contributed by atoms with Gasteiger partial charge in [-0.2, -0.15) is 0 Å². The number of nitrogens with zero attached hydrogens (tertiary/aromatic N) is 3. The molecule has 0 aromatic carbocycles. The molecule has 2 aromatic rings. The van der Waals surface area contributed by atoms with Gasteiger partial charge in [0.25, 0.3) is 5.56 Å². The summed E-state index contributed by atoms with van der Waals surface area (Å²) in [6.07, 6.45) is 9.86. The predicted molar refractivity (Wildman–Crippen MR) is 104 cm³/mol. The van der Waals surface area contributed by atoms with Gasteiger partial charge in [0.05, 0.1) is 11.7 Å². The lowest BCUT2D eigenvalue weighted by Gasteiger charge is -2.22. The molecule has 2 aliphatic rings. The molecule has 1 unspecified atom stereocenters. The van der Waals surface area contributed by atoms with Gasteiger partial charge in [0.1, 0.15) is 11.4 Å². The van der Waals surface area contributed by atoms with Crippen LogP contribution in [-0.2, 0) is 24.2 Å². The van der Waals surface area contributed by atoms with Crippen molar-refractivity contribution in [3.05, 3.63) is 38.9 Å². The van der Waals surface area contributed by atoms with Crippen molar-refractivity contribution in [2.75, 3.05) is 6.54 Å². The molecule has 2 heterocycles. The maximum atomic E-state index is 13.1. The second-order valence-electron chi connectivity index (χ2n) is 7.44. The van der Waals surface area contributed by atoms with Gasteiger partial charge in [0.2, 0.25) is 5.91 Å². The van der Waals surface area contributed by atoms with E-state index in [-0.39, 0.29) is 18.0 Å². The van der Waals surface area contributed by atoms with Crippen LogP contribution in [0.3, 0.4) is 0 Å². The Bertz CT molecular complexity index is 940. The molecule has 2 aliphatic carbocycles. The SMILES string of the molecule is CCN(C(=O)Cn1cnc2sc3c(c2c1=O)CCC(C)C3)C1=CCCC1. The van der Waals surface area contributed by atoms with E-state index in [1.165, 1.54) is 15.0 Å². The Kier molecular flexibility index (Phi) is 4.69. The van der Waals surface area contributed by atoms with Gasteiger partial charge < -0.3 is 4.90 Å². The quantitative estimate of drug-likeness (QED) is 0.826. The number of fused-ring (bicyclic) bond motifs is 3. The normalized spacial score (nSPS) is 19.5. The molecular weight excluding hydrogens is 346 g/mol. The molecular formula is C20H25N3O2S. The standard InChI is InChI=1S/C20H25N3O2S/c1-3-23(14-6-4-5-7-14)17(24)11-22-12-21-19-18(20(22)25)15-9-8-13(2)10-16(15)26-19/h6,12-13H,3-5,7-11H2,1-2H3. The lowest BCUT2D eigenvalue weighted by Crippen LogP contribution is -2.35. The molecule has 0 N–H and O–H groups in total. The third kappa shape index (κ3) is 3.00. The van der Waals surface area contributed by atoms with Crippen LogP contribution >= 0.6 is 11.3 Å². The van der Waals surface area contributed by atoms with E-state index in [1.54, 1.807) is 17.7 Å². The average Bonchev–Trinajstić information content (AvgIpc) is 3.25. The lowest BCUT2D eigenvalue weighted by molar-refractivity contribution is -0.129. The molecule has 0 spiro atoms. The van der Waals surface area contributed by atoms with Crippen LogP contribution in [0.2, 0.25) is 0 Å². The molecule has 6 heteroatoms. The summed E-state index contributed by atoms with van der Waals surface area (Å²) in [6, 6.07) is 0. The number of thiophene rings is 1. The summed E-state index contributed by atoms with van der Waals surface area (Å²) in [5.41, 5.74) is 2.21. The van der Waals surface area contributed by atoms with Gasteiger partial charge in [-0.25, -0.2) is 4.98 Å². The van der Waals surface area contributed by atoms with E-state index in [4.69, 9.17) is 0 Å². The molecule has 0 fully saturated rings. The third-order valence-electron chi connectivity index (χ3n) is 5.57. The minimum absolute atomic E-state index is 0.0263. The van der Waals surface area contributed by atoms with Crippen molar-refractivity contribution >= 4 is 27.5 Å². The van der Waals surface area contributed by atoms with Gasteiger partial charge in [-0.15, -0.1) is 11.3 Å². The highest BCUT2D eigenvalue weighted by molar-refractivity contribution is 7.18. The smallest absolute Gasteiger partial charge is 0.262 e. The van der Waals surface area contributed by atoms with Crippen LogP contribution in [0, 0.1) is 5.92 Å². The number of likely N-dealkylation sites (N-methyl/N-ethyl adjacent to an activating group) is 1. The fourth-order valence-electron chi connectivity index (χ4n) is 4.15. The fraction of sp³-hybridized carbons (Fsp3) is 0.550. The monoisotopic (exact) mass is 371 g/mol. The maximum absolute atomic E-state index is 13.1. The molecule has 4 rings (SSSR count). The van der Waals surface area contributed by atoms with Crippen molar-refractivity contribution < 1.29 is 4.79 Å². The first-order valence-electron chi connectivity index (χ1n) is 9.57. The van der Waals surface area contributed by atoms with Gasteiger partial charge >= 0.3 is 0 Å². The molecule has 2 aromatic heterocycles. The average molecular weight is 372 g/mol. The van der Waals surface area contributed by atoms with E-state index in [0.29, 0.717) is 12.5 Å². The van der Waals surface area contributed by atoms with Crippen molar-refractivity contribution in [3.8, 4) is 0 Å². The maximum Gasteiger partial charge on any atom is 0.262 e. The summed E-state index contributed by atoms with van der Waals surface area (Å²) < 4.78 is 1.49. The van der Waals surface area contributed by atoms with E-state index in [9.17, 15) is 9.59 Å². The zero-order chi connectivity index (χ0) is 18.3. The number of hydrogen-bond acceptors (Lipinski definition) is 4. The predicted octanol–water partition coefficient (Wildman–Crippen LogP) is 3.50. The van der Waals surface area contributed by atoms with Gasteiger partial charge in [-0.05, 0) is 56.9 Å². The van der Waals surface area contributed by atoms with Crippen molar-refractivity contribution in [2.24, 2.45) is 5.92 Å². The summed E-state index contributed by atoms with van der Waals surface area (Å²) in [7, 11) is 0. The Morgan fingerprint density at radius 2 is 2.27 bits per heavy atom. The van der Waals surface area contributed by atoms with Crippen molar-refractivity contribution in [2.45, 2.75) is 58.9 Å². The first-order chi connectivity index (χ1) is 12.6. The van der Waals surface area contributed by atoms with Crippen LogP contribution in [0.4, 0.5) is 0 Å². The highest BCUT2D eigenvalue weighted by Gasteiger charge is 2.24. The minimum Gasteiger partial charge on any atom is -0.315 e. The van der Waals surface area contributed by atoms with Crippen molar-refractivity contribution in [1.82, 2.24) is 14.5 Å². The third-order valence-corrected chi connectivity index (χ3v) is 6.73. The first-order valence-corrected chi connectivity index (χ1v) is 10.4. The summed E-state index contributed by atoms with van der Waals surface area (Å²) >= 11 is 1.65. The topological polar surface area (TPSA) is 55.2 Å². The van der Waals surface area contributed by atoms with E-state index in [2.05, 4.69) is 18.0 Å². The van der Waals surface area contributed by atoms with Crippen molar-refractivity contribution in [3.63, 3.8) is 0 Å². The van der Waals surface area contributed by atoms with Gasteiger partial charge in [0, 0.05) is 17.1 Å². The molecule has 0 radical (unpaired) electrons. The van der Waals surface area contributed by atoms with E-state index in [1.807, 2.05) is 11.8 Å². The van der Waals surface area contributed by atoms with Gasteiger partial charge in [0.15, 0.2) is 0 Å². The van der Waals surface area contributed by atoms with Gasteiger partial charge in [-0.3, -0.25) is 14.2 Å². The van der Waals surface area contributed by atoms with Crippen LogP contribution in [-0.4, -0.2) is 26.9 Å². The summed E-state index contributed by atoms with van der Waals surface area (Å²) in [4.78, 5) is 34.3. The summed E-state index contributed by atoms with van der Waals surface area (Å²) in [5, 5.41) is 0.746. The Morgan fingerprint density at radius 3 is 3.00 bits per heavy atom.